The first-order valence-corrected chi connectivity index (χ1v) is 10.8. The van der Waals surface area contributed by atoms with E-state index < -0.39 is 49.4 Å². The van der Waals surface area contributed by atoms with Crippen LogP contribution in [0.4, 0.5) is 29.8 Å². The largest absolute Gasteiger partial charge is 0.348 e. The number of amides is 1. The minimum atomic E-state index is -10.1. The zero-order valence-electron chi connectivity index (χ0n) is 17.3. The van der Waals surface area contributed by atoms with Crippen molar-refractivity contribution in [1.29, 1.82) is 0 Å². The average Bonchev–Trinajstić information content (AvgIpc) is 2.56. The molecule has 1 heterocycles. The van der Waals surface area contributed by atoms with Crippen molar-refractivity contribution in [3.63, 3.8) is 0 Å². The van der Waals surface area contributed by atoms with Crippen molar-refractivity contribution in [2.24, 2.45) is 5.41 Å². The molecule has 2 N–H and O–H groups in total. The van der Waals surface area contributed by atoms with Gasteiger partial charge in [-0.2, -0.15) is 0 Å². The SMILES string of the molecule is CN(C)c1nc(C(=O)NC(c2ccc(S(F)(F)(F)(F)F)cc2F)C(C)(C)C)cc(=O)[nH]1. The van der Waals surface area contributed by atoms with Gasteiger partial charge >= 0.3 is 10.2 Å². The van der Waals surface area contributed by atoms with Gasteiger partial charge in [0.2, 0.25) is 5.95 Å². The molecule has 0 aliphatic heterocycles. The van der Waals surface area contributed by atoms with Crippen LogP contribution in [0.2, 0.25) is 0 Å². The van der Waals surface area contributed by atoms with Crippen LogP contribution in [0.1, 0.15) is 42.9 Å². The van der Waals surface area contributed by atoms with Gasteiger partial charge in [-0.15, -0.1) is 0 Å². The lowest BCUT2D eigenvalue weighted by atomic mass is 9.82. The van der Waals surface area contributed by atoms with E-state index in [9.17, 15) is 33.4 Å². The Morgan fingerprint density at radius 3 is 2.16 bits per heavy atom. The van der Waals surface area contributed by atoms with Crippen LogP contribution in [-0.4, -0.2) is 30.0 Å². The molecule has 2 aromatic rings. The quantitative estimate of drug-likeness (QED) is 0.590. The fourth-order valence-corrected chi connectivity index (χ4v) is 3.37. The molecule has 0 fully saturated rings. The first-order valence-electron chi connectivity index (χ1n) is 8.82. The number of nitrogens with one attached hydrogen (secondary N) is 2. The molecule has 174 valence electrons. The standard InChI is InChI=1S/C18H22F6N4O2S/c1-18(2,3)15(11-7-6-10(8-12(11)19)31(20,21,22,23)24)27-16(30)13-9-14(29)26-17(25-13)28(4)5/h6-9,15H,1-5H3,(H,27,30)(H,25,26,29). The van der Waals surface area contributed by atoms with E-state index in [1.807, 2.05) is 0 Å². The van der Waals surface area contributed by atoms with Gasteiger partial charge in [-0.05, 0) is 17.5 Å². The van der Waals surface area contributed by atoms with Crippen LogP contribution in [0.3, 0.4) is 0 Å². The Bertz CT molecular complexity index is 1080. The fourth-order valence-electron chi connectivity index (χ4n) is 2.72. The molecule has 6 nitrogen and oxygen atoms in total. The number of hydrogen-bond donors (Lipinski definition) is 2. The second kappa shape index (κ2) is 6.90. The van der Waals surface area contributed by atoms with Crippen LogP contribution in [0.5, 0.6) is 0 Å². The molecular formula is C18H22F6N4O2S. The first kappa shape index (κ1) is 24.6. The van der Waals surface area contributed by atoms with Crippen LogP contribution in [0.25, 0.3) is 0 Å². The molecule has 0 bridgehead atoms. The van der Waals surface area contributed by atoms with Gasteiger partial charge < -0.3 is 10.2 Å². The molecule has 0 saturated carbocycles. The number of halogens is 6. The zero-order valence-corrected chi connectivity index (χ0v) is 18.1. The van der Waals surface area contributed by atoms with Crippen molar-refractivity contribution in [3.8, 4) is 0 Å². The van der Waals surface area contributed by atoms with E-state index in [2.05, 4.69) is 15.3 Å². The predicted molar refractivity (Wildman–Crippen MR) is 107 cm³/mol. The van der Waals surface area contributed by atoms with E-state index in [0.717, 1.165) is 6.07 Å². The number of carbonyl (C=O) groups is 1. The Morgan fingerprint density at radius 2 is 1.71 bits per heavy atom. The molecule has 1 aromatic carbocycles. The second-order valence-electron chi connectivity index (χ2n) is 8.27. The van der Waals surface area contributed by atoms with Gasteiger partial charge in [0.05, 0.1) is 6.04 Å². The van der Waals surface area contributed by atoms with Crippen LogP contribution < -0.4 is 15.8 Å². The molecule has 0 aliphatic rings. The van der Waals surface area contributed by atoms with Crippen molar-refractivity contribution in [2.75, 3.05) is 19.0 Å². The van der Waals surface area contributed by atoms with Gasteiger partial charge in [0.1, 0.15) is 16.4 Å². The molecule has 0 aliphatic carbocycles. The van der Waals surface area contributed by atoms with Gasteiger partial charge in [-0.25, -0.2) is 9.37 Å². The molecule has 2 rings (SSSR count). The third-order valence-electron chi connectivity index (χ3n) is 4.26. The van der Waals surface area contributed by atoms with E-state index >= 15 is 0 Å². The van der Waals surface area contributed by atoms with E-state index in [0.29, 0.717) is 6.07 Å². The van der Waals surface area contributed by atoms with Crippen LogP contribution in [0, 0.1) is 11.2 Å². The maximum absolute atomic E-state index is 14.5. The zero-order chi connectivity index (χ0) is 24.1. The maximum atomic E-state index is 14.5. The smallest absolute Gasteiger partial charge is 0.310 e. The number of aromatic amines is 1. The third kappa shape index (κ3) is 5.93. The molecule has 13 heteroatoms. The van der Waals surface area contributed by atoms with Gasteiger partial charge in [-0.1, -0.05) is 46.3 Å². The van der Waals surface area contributed by atoms with Crippen molar-refractivity contribution >= 4 is 22.1 Å². The summed E-state index contributed by atoms with van der Waals surface area (Å²) >= 11 is 0. The Morgan fingerprint density at radius 1 is 1.13 bits per heavy atom. The molecule has 31 heavy (non-hydrogen) atoms. The number of aromatic nitrogens is 2. The number of rotatable bonds is 5. The lowest BCUT2D eigenvalue weighted by Gasteiger charge is -2.41. The summed E-state index contributed by atoms with van der Waals surface area (Å²) in [5, 5.41) is 2.43. The van der Waals surface area contributed by atoms with E-state index in [-0.39, 0.29) is 23.8 Å². The average molecular weight is 472 g/mol. The molecule has 0 saturated heterocycles. The minimum absolute atomic E-state index is 0.0661. The highest BCUT2D eigenvalue weighted by atomic mass is 32.5. The molecule has 0 radical (unpaired) electrons. The summed E-state index contributed by atoms with van der Waals surface area (Å²) in [6, 6.07) is 0.0411. The summed E-state index contributed by atoms with van der Waals surface area (Å²) in [5.74, 6) is -2.39. The summed E-state index contributed by atoms with van der Waals surface area (Å²) in [4.78, 5) is 29.9. The Kier molecular flexibility index (Phi) is 5.47. The van der Waals surface area contributed by atoms with Crippen LogP contribution in [-0.2, 0) is 0 Å². The molecule has 1 aromatic heterocycles. The Balaban J connectivity index is 2.50. The molecule has 1 unspecified atom stereocenters. The van der Waals surface area contributed by atoms with Crippen molar-refractivity contribution < 1.29 is 28.6 Å². The highest BCUT2D eigenvalue weighted by Crippen LogP contribution is 3.02. The molecule has 1 amide bonds. The Hall–Kier alpha value is -2.70. The van der Waals surface area contributed by atoms with E-state index in [1.165, 1.54) is 4.90 Å². The monoisotopic (exact) mass is 472 g/mol. The summed E-state index contributed by atoms with van der Waals surface area (Å²) in [6.45, 7) is 4.69. The van der Waals surface area contributed by atoms with Crippen molar-refractivity contribution in [3.05, 3.63) is 51.7 Å². The summed E-state index contributed by atoms with van der Waals surface area (Å²) < 4.78 is 79.5. The number of benzene rings is 1. The maximum Gasteiger partial charge on any atom is 0.310 e. The van der Waals surface area contributed by atoms with Crippen molar-refractivity contribution in [2.45, 2.75) is 31.7 Å². The van der Waals surface area contributed by atoms with E-state index in [1.54, 1.807) is 34.9 Å². The molecule has 1 atom stereocenters. The normalized spacial score (nSPS) is 15.6. The first-order chi connectivity index (χ1) is 13.7. The molecular weight excluding hydrogens is 450 g/mol. The molecule has 0 spiro atoms. The number of H-pyrrole nitrogens is 1. The highest BCUT2D eigenvalue weighted by Gasteiger charge is 2.65. The Labute approximate surface area is 174 Å². The van der Waals surface area contributed by atoms with Crippen LogP contribution in [0.15, 0.2) is 34.0 Å². The lowest BCUT2D eigenvalue weighted by Crippen LogP contribution is -2.38. The van der Waals surface area contributed by atoms with Gasteiger partial charge in [0.25, 0.3) is 11.5 Å². The summed E-state index contributed by atoms with van der Waals surface area (Å²) in [7, 11) is -6.95. The number of hydrogen-bond acceptors (Lipinski definition) is 4. The van der Waals surface area contributed by atoms with E-state index in [4.69, 9.17) is 0 Å². The van der Waals surface area contributed by atoms with Gasteiger partial charge in [-0.3, -0.25) is 14.6 Å². The summed E-state index contributed by atoms with van der Waals surface area (Å²) in [6.07, 6.45) is 0. The topological polar surface area (TPSA) is 78.1 Å². The lowest BCUT2D eigenvalue weighted by molar-refractivity contribution is 0.0894. The number of anilines is 1. The van der Waals surface area contributed by atoms with Crippen molar-refractivity contribution in [1.82, 2.24) is 15.3 Å². The van der Waals surface area contributed by atoms with Gasteiger partial charge in [0.15, 0.2) is 0 Å². The second-order valence-corrected chi connectivity index (χ2v) is 10.7. The number of nitrogens with zero attached hydrogens (tertiary/aromatic N) is 2. The minimum Gasteiger partial charge on any atom is -0.348 e. The predicted octanol–water partition coefficient (Wildman–Crippen LogP) is 5.15. The fraction of sp³-hybridized carbons (Fsp3) is 0.389. The third-order valence-corrected chi connectivity index (χ3v) is 5.40. The van der Waals surface area contributed by atoms with Crippen LogP contribution >= 0.6 is 10.2 Å². The number of carbonyl (C=O) groups excluding carboxylic acids is 1. The van der Waals surface area contributed by atoms with Gasteiger partial charge in [0, 0.05) is 25.7 Å². The highest BCUT2D eigenvalue weighted by molar-refractivity contribution is 8.45. The summed E-state index contributed by atoms with van der Waals surface area (Å²) in [5.41, 5.74) is -2.32.